The monoisotopic (exact) mass is 114 g/mol. The number of amidine groups is 1. The Morgan fingerprint density at radius 1 is 1.88 bits per heavy atom. The summed E-state index contributed by atoms with van der Waals surface area (Å²) in [4.78, 5) is 0. The van der Waals surface area contributed by atoms with E-state index in [0.29, 0.717) is 0 Å². The van der Waals surface area contributed by atoms with Crippen LogP contribution in [0.15, 0.2) is 17.3 Å². The second-order valence-electron chi connectivity index (χ2n) is 1.34. The average Bonchev–Trinajstić information content (AvgIpc) is 1.83. The first-order chi connectivity index (χ1) is 3.81. The molecule has 0 spiro atoms. The molecule has 0 saturated carbocycles. The van der Waals surface area contributed by atoms with Gasteiger partial charge in [0.2, 0.25) is 0 Å². The number of nitrogens with two attached hydrogens (primary N) is 1. The third kappa shape index (κ3) is 3.21. The minimum absolute atomic E-state index is 0.145. The lowest BCUT2D eigenvalue weighted by Gasteiger charge is -1.82. The highest BCUT2D eigenvalue weighted by Gasteiger charge is 1.76. The summed E-state index contributed by atoms with van der Waals surface area (Å²) in [5, 5.41) is 10.7. The highest BCUT2D eigenvalue weighted by molar-refractivity contribution is 5.90. The third-order valence-corrected chi connectivity index (χ3v) is 0.640. The quantitative estimate of drug-likeness (QED) is 0.240. The lowest BCUT2D eigenvalue weighted by Crippen LogP contribution is -2.06. The maximum Gasteiger partial charge on any atom is 0.162 e. The maximum absolute atomic E-state index is 7.97. The van der Waals surface area contributed by atoms with Crippen LogP contribution in [0.1, 0.15) is 13.3 Å². The highest BCUT2D eigenvalue weighted by Crippen LogP contribution is 1.77. The predicted octanol–water partition coefficient (Wildman–Crippen LogP) is 0.699. The smallest absolute Gasteiger partial charge is 0.162 e. The molecule has 0 aromatic heterocycles. The second kappa shape index (κ2) is 4.18. The van der Waals surface area contributed by atoms with Crippen molar-refractivity contribution in [3.8, 4) is 0 Å². The van der Waals surface area contributed by atoms with Crippen LogP contribution in [0.4, 0.5) is 0 Å². The van der Waals surface area contributed by atoms with Crippen molar-refractivity contribution in [1.29, 1.82) is 0 Å². The van der Waals surface area contributed by atoms with Crippen molar-refractivity contribution in [2.24, 2.45) is 10.9 Å². The number of rotatable bonds is 2. The molecule has 0 aliphatic heterocycles. The van der Waals surface area contributed by atoms with Crippen molar-refractivity contribution in [2.75, 3.05) is 0 Å². The van der Waals surface area contributed by atoms with E-state index in [0.717, 1.165) is 6.42 Å². The standard InChI is InChI=1S/C5H10N2O/c1-2-3-4-5(6)7-8/h3-4,8H,2H2,1H3,(H2,6,7)/b4-3+. The zero-order chi connectivity index (χ0) is 6.41. The molecule has 3 heteroatoms. The van der Waals surface area contributed by atoms with Crippen LogP contribution in [0.5, 0.6) is 0 Å². The number of oxime groups is 1. The predicted molar refractivity (Wildman–Crippen MR) is 32.8 cm³/mol. The third-order valence-electron chi connectivity index (χ3n) is 0.640. The summed E-state index contributed by atoms with van der Waals surface area (Å²) in [6.07, 6.45) is 4.27. The van der Waals surface area contributed by atoms with Crippen LogP contribution in [0.3, 0.4) is 0 Å². The Kier molecular flexibility index (Phi) is 3.66. The molecule has 46 valence electrons. The van der Waals surface area contributed by atoms with Crippen LogP contribution in [0.25, 0.3) is 0 Å². The van der Waals surface area contributed by atoms with Crippen molar-refractivity contribution in [3.63, 3.8) is 0 Å². The Labute approximate surface area is 48.5 Å². The van der Waals surface area contributed by atoms with Gasteiger partial charge in [-0.2, -0.15) is 0 Å². The van der Waals surface area contributed by atoms with Gasteiger partial charge >= 0.3 is 0 Å². The lowest BCUT2D eigenvalue weighted by atomic mass is 10.4. The van der Waals surface area contributed by atoms with E-state index in [1.165, 1.54) is 0 Å². The highest BCUT2D eigenvalue weighted by atomic mass is 16.4. The van der Waals surface area contributed by atoms with Crippen LogP contribution in [0.2, 0.25) is 0 Å². The molecule has 0 heterocycles. The van der Waals surface area contributed by atoms with E-state index in [1.54, 1.807) is 6.08 Å². The van der Waals surface area contributed by atoms with Gasteiger partial charge in [0, 0.05) is 0 Å². The summed E-state index contributed by atoms with van der Waals surface area (Å²) in [5.41, 5.74) is 5.07. The largest absolute Gasteiger partial charge is 0.409 e. The summed E-state index contributed by atoms with van der Waals surface area (Å²) in [6, 6.07) is 0. The molecule has 0 rings (SSSR count). The van der Waals surface area contributed by atoms with Gasteiger partial charge in [0.1, 0.15) is 0 Å². The molecule has 0 unspecified atom stereocenters. The van der Waals surface area contributed by atoms with Gasteiger partial charge in [-0.05, 0) is 12.5 Å². The van der Waals surface area contributed by atoms with Crippen molar-refractivity contribution < 1.29 is 5.21 Å². The zero-order valence-corrected chi connectivity index (χ0v) is 4.83. The molecule has 0 aliphatic carbocycles. The molecule has 0 bridgehead atoms. The molecule has 0 atom stereocenters. The topological polar surface area (TPSA) is 58.6 Å². The van der Waals surface area contributed by atoms with Crippen LogP contribution in [-0.4, -0.2) is 11.0 Å². The first kappa shape index (κ1) is 7.01. The molecule has 0 amide bonds. The Bertz CT molecular complexity index is 107. The fourth-order valence-electron chi connectivity index (χ4n) is 0.272. The van der Waals surface area contributed by atoms with Crippen LogP contribution >= 0.6 is 0 Å². The van der Waals surface area contributed by atoms with Crippen molar-refractivity contribution in [2.45, 2.75) is 13.3 Å². The molecular formula is C5H10N2O. The molecule has 3 nitrogen and oxygen atoms in total. The SMILES string of the molecule is CC/C=C/C(N)=N/O. The number of hydrogen-bond acceptors (Lipinski definition) is 2. The summed E-state index contributed by atoms with van der Waals surface area (Å²) in [6.45, 7) is 1.97. The maximum atomic E-state index is 7.97. The van der Waals surface area contributed by atoms with E-state index in [9.17, 15) is 0 Å². The molecular weight excluding hydrogens is 104 g/mol. The van der Waals surface area contributed by atoms with E-state index in [-0.39, 0.29) is 5.84 Å². The summed E-state index contributed by atoms with van der Waals surface area (Å²) in [7, 11) is 0. The fourth-order valence-corrected chi connectivity index (χ4v) is 0.272. The van der Waals surface area contributed by atoms with Gasteiger partial charge in [0.25, 0.3) is 0 Å². The Balaban J connectivity index is 3.53. The minimum Gasteiger partial charge on any atom is -0.409 e. The number of allylic oxidation sites excluding steroid dienone is 1. The van der Waals surface area contributed by atoms with Crippen LogP contribution in [-0.2, 0) is 0 Å². The Hall–Kier alpha value is -0.990. The summed E-state index contributed by atoms with van der Waals surface area (Å²) < 4.78 is 0. The fraction of sp³-hybridized carbons (Fsp3) is 0.400. The minimum atomic E-state index is 0.145. The van der Waals surface area contributed by atoms with Gasteiger partial charge in [-0.3, -0.25) is 0 Å². The average molecular weight is 114 g/mol. The van der Waals surface area contributed by atoms with E-state index in [4.69, 9.17) is 10.9 Å². The van der Waals surface area contributed by atoms with Gasteiger partial charge in [-0.25, -0.2) is 0 Å². The first-order valence-corrected chi connectivity index (χ1v) is 2.45. The van der Waals surface area contributed by atoms with Gasteiger partial charge < -0.3 is 10.9 Å². The van der Waals surface area contributed by atoms with Crippen LogP contribution in [0, 0.1) is 0 Å². The normalized spacial score (nSPS) is 12.9. The molecule has 3 N–H and O–H groups in total. The number of nitrogens with zero attached hydrogens (tertiary/aromatic N) is 1. The molecule has 0 aromatic carbocycles. The summed E-state index contributed by atoms with van der Waals surface area (Å²) >= 11 is 0. The van der Waals surface area contributed by atoms with Crippen LogP contribution < -0.4 is 5.73 Å². The molecule has 0 radical (unpaired) electrons. The van der Waals surface area contributed by atoms with E-state index in [2.05, 4.69) is 5.16 Å². The van der Waals surface area contributed by atoms with Gasteiger partial charge in [-0.15, -0.1) is 0 Å². The van der Waals surface area contributed by atoms with Gasteiger partial charge in [0.05, 0.1) is 0 Å². The molecule has 8 heavy (non-hydrogen) atoms. The van der Waals surface area contributed by atoms with Crippen molar-refractivity contribution in [1.82, 2.24) is 0 Å². The Morgan fingerprint density at radius 2 is 2.50 bits per heavy atom. The van der Waals surface area contributed by atoms with E-state index < -0.39 is 0 Å². The number of hydrogen-bond donors (Lipinski definition) is 2. The first-order valence-electron chi connectivity index (χ1n) is 2.45. The van der Waals surface area contributed by atoms with E-state index >= 15 is 0 Å². The molecule has 0 aliphatic rings. The Morgan fingerprint density at radius 3 is 2.88 bits per heavy atom. The zero-order valence-electron chi connectivity index (χ0n) is 4.83. The van der Waals surface area contributed by atoms with Gasteiger partial charge in [-0.1, -0.05) is 18.2 Å². The molecule has 0 saturated heterocycles. The summed E-state index contributed by atoms with van der Waals surface area (Å²) in [5.74, 6) is 0.145. The second-order valence-corrected chi connectivity index (χ2v) is 1.34. The molecule has 0 fully saturated rings. The van der Waals surface area contributed by atoms with E-state index in [1.807, 2.05) is 13.0 Å². The van der Waals surface area contributed by atoms with Gasteiger partial charge in [0.15, 0.2) is 5.84 Å². The molecule has 0 aromatic rings. The van der Waals surface area contributed by atoms with Crippen molar-refractivity contribution >= 4 is 5.84 Å². The lowest BCUT2D eigenvalue weighted by molar-refractivity contribution is 0.319. The van der Waals surface area contributed by atoms with Crippen molar-refractivity contribution in [3.05, 3.63) is 12.2 Å².